The Morgan fingerprint density at radius 2 is 1.79 bits per heavy atom. The van der Waals surface area contributed by atoms with Gasteiger partial charge < -0.3 is 29.3 Å². The van der Waals surface area contributed by atoms with Crippen molar-refractivity contribution in [2.45, 2.75) is 32.5 Å². The predicted molar refractivity (Wildman–Crippen MR) is 187 cm³/mol. The number of nitrogens with zero attached hydrogens (tertiary/aromatic N) is 7. The van der Waals surface area contributed by atoms with Gasteiger partial charge in [-0.2, -0.15) is 22.7 Å². The molecule has 0 spiro atoms. The zero-order chi connectivity index (χ0) is 37.2. The maximum absolute atomic E-state index is 14.2. The molecule has 0 bridgehead atoms. The highest BCUT2D eigenvalue weighted by Crippen LogP contribution is 2.35. The van der Waals surface area contributed by atoms with Crippen molar-refractivity contribution in [1.29, 1.82) is 0 Å². The average molecular weight is 741 g/mol. The number of aromatic nitrogens is 4. The number of nitrogens with one attached hydrogen (secondary N) is 1. The van der Waals surface area contributed by atoms with E-state index in [4.69, 9.17) is 16.3 Å². The lowest BCUT2D eigenvalue weighted by Gasteiger charge is -2.37. The Morgan fingerprint density at radius 1 is 1.06 bits per heavy atom. The molecule has 2 aliphatic rings. The molecular weight excluding hydrogens is 705 g/mol. The van der Waals surface area contributed by atoms with Crippen molar-refractivity contribution >= 4 is 52.0 Å². The fraction of sp³-hybridized carbons (Fsp3) is 0.371. The number of halogens is 4. The van der Waals surface area contributed by atoms with Crippen LogP contribution in [0.25, 0.3) is 11.4 Å². The quantitative estimate of drug-likeness (QED) is 0.275. The molecule has 0 saturated carbocycles. The summed E-state index contributed by atoms with van der Waals surface area (Å²) >= 11 is 6.22. The average Bonchev–Trinajstić information content (AvgIpc) is 3.61. The summed E-state index contributed by atoms with van der Waals surface area (Å²) in [6.07, 6.45) is -1.95. The lowest BCUT2D eigenvalue weighted by molar-refractivity contribution is -0.137. The lowest BCUT2D eigenvalue weighted by atomic mass is 10.1. The highest BCUT2D eigenvalue weighted by Gasteiger charge is 2.32. The summed E-state index contributed by atoms with van der Waals surface area (Å²) in [6.45, 7) is 3.22. The van der Waals surface area contributed by atoms with Crippen LogP contribution in [0.4, 0.5) is 24.5 Å². The molecule has 4 heterocycles. The van der Waals surface area contributed by atoms with E-state index < -0.39 is 23.2 Å². The Hall–Kier alpha value is -5.22. The van der Waals surface area contributed by atoms with Crippen LogP contribution in [-0.2, 0) is 33.5 Å². The minimum Gasteiger partial charge on any atom is -0.377 e. The Bertz CT molecular complexity index is 2090. The van der Waals surface area contributed by atoms with Gasteiger partial charge in [-0.15, -0.1) is 5.10 Å². The number of rotatable bonds is 9. The van der Waals surface area contributed by atoms with Crippen LogP contribution < -0.4 is 20.7 Å². The van der Waals surface area contributed by atoms with Crippen LogP contribution in [0, 0.1) is 0 Å². The smallest absolute Gasteiger partial charge is 0.377 e. The van der Waals surface area contributed by atoms with Crippen molar-refractivity contribution in [3.05, 3.63) is 92.6 Å². The molecule has 1 saturated heterocycles. The first-order valence-electron chi connectivity index (χ1n) is 16.7. The number of ether oxygens (including phenoxy) is 1. The molecule has 52 heavy (non-hydrogen) atoms. The maximum atomic E-state index is 14.2. The number of carbonyl (C=O) groups is 3. The minimum absolute atomic E-state index is 0.0743. The van der Waals surface area contributed by atoms with E-state index in [1.807, 2.05) is 17.9 Å². The van der Waals surface area contributed by atoms with Crippen LogP contribution in [-0.4, -0.2) is 94.8 Å². The molecule has 17 heteroatoms. The molecule has 2 aromatic carbocycles. The number of anilines is 2. The van der Waals surface area contributed by atoms with Gasteiger partial charge in [-0.25, -0.2) is 0 Å². The molecular formula is C35H36ClF3N8O5. The van der Waals surface area contributed by atoms with Crippen molar-refractivity contribution < 1.29 is 32.3 Å². The number of carbonyl (C=O) groups excluding carboxylic acids is 3. The summed E-state index contributed by atoms with van der Waals surface area (Å²) in [7, 11) is 1.41. The molecule has 2 aromatic heterocycles. The van der Waals surface area contributed by atoms with Crippen LogP contribution >= 0.6 is 11.6 Å². The first-order chi connectivity index (χ1) is 24.9. The molecule has 0 radical (unpaired) electrons. The largest absolute Gasteiger partial charge is 0.416 e. The first-order valence-corrected chi connectivity index (χ1v) is 17.0. The van der Waals surface area contributed by atoms with Gasteiger partial charge >= 0.3 is 6.18 Å². The third kappa shape index (κ3) is 7.53. The second kappa shape index (κ2) is 15.2. The maximum Gasteiger partial charge on any atom is 0.416 e. The van der Waals surface area contributed by atoms with E-state index in [2.05, 4.69) is 15.4 Å². The monoisotopic (exact) mass is 740 g/mol. The SMILES string of the molecule is CCc1c(N2CCN(C(=O)CNC(=O)c3ccccc3)CC2)c(=O)n2nc(C3=CCOCC3)nc2n1CC(=O)N(C)c1ccc(C(F)(F)F)cc1Cl. The van der Waals surface area contributed by atoms with Gasteiger partial charge in [0.15, 0.2) is 5.82 Å². The molecule has 13 nitrogen and oxygen atoms in total. The number of fused-ring (bicyclic) bond motifs is 1. The number of hydrogen-bond donors (Lipinski definition) is 1. The summed E-state index contributed by atoms with van der Waals surface area (Å²) in [5.41, 5.74) is 0.690. The second-order valence-corrected chi connectivity index (χ2v) is 12.7. The Labute approximate surface area is 301 Å². The van der Waals surface area contributed by atoms with E-state index in [9.17, 15) is 32.3 Å². The van der Waals surface area contributed by atoms with Gasteiger partial charge in [0, 0.05) is 38.8 Å². The predicted octanol–water partition coefficient (Wildman–Crippen LogP) is 3.67. The van der Waals surface area contributed by atoms with Gasteiger partial charge in [0.2, 0.25) is 17.6 Å². The second-order valence-electron chi connectivity index (χ2n) is 12.3. The van der Waals surface area contributed by atoms with Crippen molar-refractivity contribution in [2.24, 2.45) is 0 Å². The third-order valence-electron chi connectivity index (χ3n) is 9.10. The van der Waals surface area contributed by atoms with Gasteiger partial charge in [0.1, 0.15) is 12.2 Å². The minimum atomic E-state index is -4.61. The van der Waals surface area contributed by atoms with E-state index >= 15 is 0 Å². The number of alkyl halides is 3. The van der Waals surface area contributed by atoms with E-state index in [0.717, 1.165) is 33.2 Å². The molecule has 274 valence electrons. The van der Waals surface area contributed by atoms with Crippen molar-refractivity contribution in [3.63, 3.8) is 0 Å². The summed E-state index contributed by atoms with van der Waals surface area (Å²) < 4.78 is 48.1. The van der Waals surface area contributed by atoms with Gasteiger partial charge in [0.25, 0.3) is 11.5 Å². The van der Waals surface area contributed by atoms with Crippen LogP contribution in [0.3, 0.4) is 0 Å². The van der Waals surface area contributed by atoms with E-state index in [-0.39, 0.29) is 67.6 Å². The fourth-order valence-electron chi connectivity index (χ4n) is 6.27. The normalized spacial score (nSPS) is 15.1. The van der Waals surface area contributed by atoms with Gasteiger partial charge in [-0.1, -0.05) is 42.8 Å². The molecule has 1 fully saturated rings. The topological polar surface area (TPSA) is 134 Å². The molecule has 0 unspecified atom stereocenters. The number of hydrogen-bond acceptors (Lipinski definition) is 8. The molecule has 0 aliphatic carbocycles. The number of benzene rings is 2. The van der Waals surface area contributed by atoms with Crippen molar-refractivity contribution in [2.75, 3.05) is 62.8 Å². The Kier molecular flexibility index (Phi) is 10.7. The highest BCUT2D eigenvalue weighted by atomic mass is 35.5. The van der Waals surface area contributed by atoms with Crippen molar-refractivity contribution in [3.8, 4) is 0 Å². The van der Waals surface area contributed by atoms with E-state index in [1.165, 1.54) is 7.05 Å². The van der Waals surface area contributed by atoms with Gasteiger partial charge in [0.05, 0.1) is 41.7 Å². The molecule has 2 aliphatic heterocycles. The number of amides is 3. The van der Waals surface area contributed by atoms with Crippen LogP contribution in [0.1, 0.15) is 40.8 Å². The highest BCUT2D eigenvalue weighted by molar-refractivity contribution is 6.33. The van der Waals surface area contributed by atoms with Crippen molar-refractivity contribution in [1.82, 2.24) is 29.4 Å². The summed E-state index contributed by atoms with van der Waals surface area (Å²) in [5, 5.41) is 6.96. The van der Waals surface area contributed by atoms with Gasteiger partial charge in [-0.05, 0) is 48.7 Å². The van der Waals surface area contributed by atoms with Crippen LogP contribution in [0.2, 0.25) is 5.02 Å². The van der Waals surface area contributed by atoms with E-state index in [0.29, 0.717) is 48.8 Å². The summed E-state index contributed by atoms with van der Waals surface area (Å²) in [6, 6.07) is 11.3. The van der Waals surface area contributed by atoms with Gasteiger partial charge in [-0.3, -0.25) is 19.2 Å². The molecule has 3 amide bonds. The zero-order valence-electron chi connectivity index (χ0n) is 28.5. The molecule has 1 N–H and O–H groups in total. The number of piperazine rings is 1. The Balaban J connectivity index is 1.29. The molecule has 0 atom stereocenters. The molecule has 4 aromatic rings. The zero-order valence-corrected chi connectivity index (χ0v) is 29.2. The summed E-state index contributed by atoms with van der Waals surface area (Å²) in [4.78, 5) is 62.8. The van der Waals surface area contributed by atoms with E-state index in [1.54, 1.807) is 39.8 Å². The summed E-state index contributed by atoms with van der Waals surface area (Å²) in [5.74, 6) is -0.730. The van der Waals surface area contributed by atoms with Crippen LogP contribution in [0.5, 0.6) is 0 Å². The first kappa shape index (κ1) is 36.6. The number of likely N-dealkylation sites (N-methyl/N-ethyl adjacent to an activating group) is 1. The third-order valence-corrected chi connectivity index (χ3v) is 9.40. The van der Waals surface area contributed by atoms with Crippen LogP contribution in [0.15, 0.2) is 59.4 Å². The standard InChI is InChI=1S/C35H36ClF3N8O5/c1-3-26-30(45-15-13-44(14-16-45)28(48)20-40-32(50)23-7-5-4-6-8-23)33(51)47-34(41-31(42-47)22-11-17-52-18-12-22)46(26)21-29(49)43(2)27-10-9-24(19-25(27)36)35(37,38)39/h4-11,19H,3,12-18,20-21H2,1-2H3,(H,40,50). The fourth-order valence-corrected chi connectivity index (χ4v) is 6.57. The Morgan fingerprint density at radius 3 is 2.42 bits per heavy atom. The lowest BCUT2D eigenvalue weighted by Crippen LogP contribution is -2.52. The molecule has 6 rings (SSSR count).